The van der Waals surface area contributed by atoms with Crippen LogP contribution in [0.3, 0.4) is 0 Å². The van der Waals surface area contributed by atoms with Crippen LogP contribution in [0.4, 0.5) is 0 Å². The van der Waals surface area contributed by atoms with E-state index in [1.807, 2.05) is 48.5 Å². The van der Waals surface area contributed by atoms with Gasteiger partial charge < -0.3 is 0 Å². The largest absolute Gasteiger partial charge is 0.298 e. The van der Waals surface area contributed by atoms with Crippen molar-refractivity contribution in [1.29, 1.82) is 0 Å². The maximum absolute atomic E-state index is 13.6. The van der Waals surface area contributed by atoms with Gasteiger partial charge in [0, 0.05) is 0 Å². The summed E-state index contributed by atoms with van der Waals surface area (Å²) in [6.07, 6.45) is 7.73. The van der Waals surface area contributed by atoms with Crippen molar-refractivity contribution >= 4 is 23.2 Å². The van der Waals surface area contributed by atoms with Crippen molar-refractivity contribution in [3.63, 3.8) is 0 Å². The zero-order valence-electron chi connectivity index (χ0n) is 14.8. The molecule has 4 rings (SSSR count). The first-order valence-electron chi connectivity index (χ1n) is 9.33. The van der Waals surface area contributed by atoms with Crippen LogP contribution >= 0.6 is 0 Å². The third-order valence-electron chi connectivity index (χ3n) is 5.77. The van der Waals surface area contributed by atoms with E-state index in [1.54, 1.807) is 0 Å². The number of ketones is 1. The first-order valence-corrected chi connectivity index (χ1v) is 9.33. The lowest BCUT2D eigenvalue weighted by atomic mass is 9.60. The molecule has 0 amide bonds. The monoisotopic (exact) mass is 342 g/mol. The quantitative estimate of drug-likeness (QED) is 0.563. The molecule has 0 aromatic heterocycles. The summed E-state index contributed by atoms with van der Waals surface area (Å²) in [5, 5.41) is 0. The lowest BCUT2D eigenvalue weighted by Gasteiger charge is -2.41. The van der Waals surface area contributed by atoms with Crippen molar-refractivity contribution in [1.82, 2.24) is 0 Å². The summed E-state index contributed by atoms with van der Waals surface area (Å²) >= 11 is 0. The van der Waals surface area contributed by atoms with Crippen molar-refractivity contribution in [3.8, 4) is 0 Å². The number of carbonyl (C=O) groups excluding carboxylic acids is 2. The van der Waals surface area contributed by atoms with Gasteiger partial charge in [-0.25, -0.2) is 0 Å². The van der Waals surface area contributed by atoms with E-state index in [0.717, 1.165) is 60.7 Å². The van der Waals surface area contributed by atoms with E-state index < -0.39 is 5.41 Å². The number of allylic oxidation sites excluding steroid dienone is 4. The van der Waals surface area contributed by atoms with E-state index in [2.05, 4.69) is 18.2 Å². The van der Waals surface area contributed by atoms with Crippen molar-refractivity contribution in [2.24, 2.45) is 5.41 Å². The minimum Gasteiger partial charge on any atom is -0.298 e. The highest BCUT2D eigenvalue weighted by molar-refractivity contribution is 6.27. The molecule has 1 saturated carbocycles. The van der Waals surface area contributed by atoms with Crippen LogP contribution in [0.5, 0.6) is 0 Å². The number of hydrogen-bond acceptors (Lipinski definition) is 2. The van der Waals surface area contributed by atoms with Gasteiger partial charge >= 0.3 is 0 Å². The van der Waals surface area contributed by atoms with Crippen molar-refractivity contribution < 1.29 is 9.59 Å². The van der Waals surface area contributed by atoms with E-state index in [9.17, 15) is 9.59 Å². The molecule has 1 spiro atoms. The van der Waals surface area contributed by atoms with E-state index in [-0.39, 0.29) is 5.78 Å². The Kier molecular flexibility index (Phi) is 4.42. The number of carbonyl (C=O) groups is 2. The summed E-state index contributed by atoms with van der Waals surface area (Å²) in [7, 11) is 0. The van der Waals surface area contributed by atoms with E-state index in [4.69, 9.17) is 0 Å². The Balaban J connectivity index is 1.96. The number of rotatable bonds is 3. The summed E-state index contributed by atoms with van der Waals surface area (Å²) in [6.45, 7) is 0. The highest BCUT2D eigenvalue weighted by Crippen LogP contribution is 2.52. The van der Waals surface area contributed by atoms with E-state index >= 15 is 0 Å². The van der Waals surface area contributed by atoms with Gasteiger partial charge in [-0.1, -0.05) is 79.9 Å². The molecule has 0 unspecified atom stereocenters. The average molecular weight is 342 g/mol. The van der Waals surface area contributed by atoms with Crippen LogP contribution in [-0.2, 0) is 9.59 Å². The number of benzene rings is 2. The average Bonchev–Trinajstić information content (AvgIpc) is 2.72. The van der Waals surface area contributed by atoms with Crippen molar-refractivity contribution in [2.45, 2.75) is 32.1 Å². The highest BCUT2D eigenvalue weighted by Gasteiger charge is 2.47. The van der Waals surface area contributed by atoms with Crippen LogP contribution in [0.15, 0.2) is 72.3 Å². The van der Waals surface area contributed by atoms with Gasteiger partial charge in [0.2, 0.25) is 0 Å². The zero-order valence-corrected chi connectivity index (χ0v) is 14.8. The summed E-state index contributed by atoms with van der Waals surface area (Å²) in [6, 6.07) is 19.9. The Hall–Kier alpha value is -2.74. The van der Waals surface area contributed by atoms with Gasteiger partial charge in [-0.15, -0.1) is 0 Å². The topological polar surface area (TPSA) is 34.1 Å². The Bertz CT molecular complexity index is 882. The number of Topliss-reactive ketones (excluding diaryl/α,β-unsaturated/α-hetero) is 1. The highest BCUT2D eigenvalue weighted by atomic mass is 16.1. The second kappa shape index (κ2) is 6.87. The molecule has 0 atom stereocenters. The summed E-state index contributed by atoms with van der Waals surface area (Å²) in [5.41, 5.74) is 3.61. The van der Waals surface area contributed by atoms with Gasteiger partial charge in [0.05, 0.1) is 11.0 Å². The minimum absolute atomic E-state index is 0.00686. The molecule has 2 nitrogen and oxygen atoms in total. The smallest absolute Gasteiger partial charge is 0.177 e. The molecule has 26 heavy (non-hydrogen) atoms. The maximum atomic E-state index is 13.6. The third-order valence-corrected chi connectivity index (χ3v) is 5.77. The molecule has 0 radical (unpaired) electrons. The van der Waals surface area contributed by atoms with Gasteiger partial charge in [-0.05, 0) is 41.2 Å². The normalized spacial score (nSPS) is 19.4. The van der Waals surface area contributed by atoms with E-state index in [0.29, 0.717) is 5.57 Å². The number of hydrogen-bond donors (Lipinski definition) is 0. The zero-order chi connectivity index (χ0) is 18.0. The molecule has 2 aromatic rings. The lowest BCUT2D eigenvalue weighted by Crippen LogP contribution is -2.38. The molecular weight excluding hydrogens is 320 g/mol. The summed E-state index contributed by atoms with van der Waals surface area (Å²) in [4.78, 5) is 25.5. The molecular formula is C24H22O2. The first kappa shape index (κ1) is 16.7. The fraction of sp³-hybridized carbons (Fsp3) is 0.250. The fourth-order valence-electron chi connectivity index (χ4n) is 4.47. The van der Waals surface area contributed by atoms with Crippen LogP contribution in [-0.4, -0.2) is 12.1 Å². The fourth-order valence-corrected chi connectivity index (χ4v) is 4.47. The predicted octanol–water partition coefficient (Wildman–Crippen LogP) is 5.26. The molecule has 2 aliphatic rings. The molecule has 0 N–H and O–H groups in total. The summed E-state index contributed by atoms with van der Waals surface area (Å²) < 4.78 is 0. The van der Waals surface area contributed by atoms with Crippen LogP contribution in [0, 0.1) is 5.41 Å². The molecule has 2 heteroatoms. The predicted molar refractivity (Wildman–Crippen MR) is 104 cm³/mol. The Morgan fingerprint density at radius 3 is 1.92 bits per heavy atom. The lowest BCUT2D eigenvalue weighted by molar-refractivity contribution is -0.124. The van der Waals surface area contributed by atoms with Crippen molar-refractivity contribution in [2.75, 3.05) is 0 Å². The molecule has 0 heterocycles. The molecule has 0 bridgehead atoms. The minimum atomic E-state index is -0.547. The Labute approximate surface area is 154 Å². The Morgan fingerprint density at radius 2 is 1.35 bits per heavy atom. The SMILES string of the molecule is O=CC1=C(c2ccccc2)C=C(c2ccccc2)C2(CCCCC2)C1=O. The van der Waals surface area contributed by atoms with Crippen LogP contribution < -0.4 is 0 Å². The van der Waals surface area contributed by atoms with E-state index in [1.165, 1.54) is 0 Å². The maximum Gasteiger partial charge on any atom is 0.177 e. The summed E-state index contributed by atoms with van der Waals surface area (Å²) in [5.74, 6) is 0.00686. The van der Waals surface area contributed by atoms with Gasteiger partial charge in [0.1, 0.15) is 0 Å². The van der Waals surface area contributed by atoms with Gasteiger partial charge in [0.15, 0.2) is 12.1 Å². The second-order valence-electron chi connectivity index (χ2n) is 7.21. The van der Waals surface area contributed by atoms with Crippen LogP contribution in [0.25, 0.3) is 11.1 Å². The molecule has 2 aliphatic carbocycles. The Morgan fingerprint density at radius 1 is 0.769 bits per heavy atom. The standard InChI is InChI=1S/C24H22O2/c25-17-21-20(18-10-4-1-5-11-18)16-22(19-12-6-2-7-13-19)24(23(21)26)14-8-3-9-15-24/h1-2,4-7,10-13,16-17H,3,8-9,14-15H2. The van der Waals surface area contributed by atoms with Crippen LogP contribution in [0.2, 0.25) is 0 Å². The first-order chi connectivity index (χ1) is 12.8. The molecule has 0 aliphatic heterocycles. The third kappa shape index (κ3) is 2.66. The van der Waals surface area contributed by atoms with Gasteiger partial charge in [0.25, 0.3) is 0 Å². The second-order valence-corrected chi connectivity index (χ2v) is 7.21. The molecule has 0 saturated heterocycles. The molecule has 2 aromatic carbocycles. The van der Waals surface area contributed by atoms with Gasteiger partial charge in [-0.3, -0.25) is 9.59 Å². The van der Waals surface area contributed by atoms with Crippen molar-refractivity contribution in [3.05, 3.63) is 83.4 Å². The number of aldehydes is 1. The van der Waals surface area contributed by atoms with Gasteiger partial charge in [-0.2, -0.15) is 0 Å². The molecule has 1 fully saturated rings. The molecule has 130 valence electrons. The van der Waals surface area contributed by atoms with Crippen LogP contribution in [0.1, 0.15) is 43.2 Å².